The number of aryl methyl sites for hydroxylation is 1. The number of hydrazone groups is 1. The van der Waals surface area contributed by atoms with Crippen LogP contribution in [0.1, 0.15) is 35.7 Å². The molecule has 0 amide bonds. The van der Waals surface area contributed by atoms with Crippen LogP contribution in [0.25, 0.3) is 0 Å². The molecule has 0 atom stereocenters. The second-order valence-corrected chi connectivity index (χ2v) is 4.88. The maximum absolute atomic E-state index is 11.9. The van der Waals surface area contributed by atoms with Gasteiger partial charge in [0.05, 0.1) is 28.6 Å². The molecule has 22 heavy (non-hydrogen) atoms. The number of nitrogens with one attached hydrogen (secondary N) is 1. The van der Waals surface area contributed by atoms with Crippen LogP contribution in [-0.4, -0.2) is 23.4 Å². The molecule has 2 rings (SSSR count). The lowest BCUT2D eigenvalue weighted by atomic mass is 10.1. The van der Waals surface area contributed by atoms with Crippen molar-refractivity contribution < 1.29 is 14.1 Å². The van der Waals surface area contributed by atoms with Gasteiger partial charge in [-0.1, -0.05) is 28.9 Å². The van der Waals surface area contributed by atoms with E-state index in [-0.39, 0.29) is 12.3 Å². The number of esters is 1. The number of halogens is 1. The number of ether oxygens (including phenoxy) is 1. The molecular formula is C15H16ClN3O3. The standard InChI is InChI=1S/C15H16ClN3O3/c1-4-21-15(20)14-13(10(3)22-19-14)9(2)17-18-12-8-6-5-7-11(12)16/h5-8,18H,4H2,1-3H3/b17-9+. The third-order valence-electron chi connectivity index (χ3n) is 2.91. The predicted octanol–water partition coefficient (Wildman–Crippen LogP) is 3.65. The predicted molar refractivity (Wildman–Crippen MR) is 84.5 cm³/mol. The molecule has 1 heterocycles. The van der Waals surface area contributed by atoms with Gasteiger partial charge in [-0.25, -0.2) is 4.79 Å². The summed E-state index contributed by atoms with van der Waals surface area (Å²) >= 11 is 6.05. The van der Waals surface area contributed by atoms with E-state index in [1.807, 2.05) is 12.1 Å². The van der Waals surface area contributed by atoms with E-state index in [1.165, 1.54) is 0 Å². The number of nitrogens with zero attached hydrogens (tertiary/aromatic N) is 2. The number of hydrogen-bond donors (Lipinski definition) is 1. The van der Waals surface area contributed by atoms with E-state index in [0.717, 1.165) is 0 Å². The van der Waals surface area contributed by atoms with E-state index in [2.05, 4.69) is 15.7 Å². The molecule has 0 spiro atoms. The van der Waals surface area contributed by atoms with E-state index >= 15 is 0 Å². The Kier molecular flexibility index (Phi) is 5.16. The van der Waals surface area contributed by atoms with Crippen LogP contribution >= 0.6 is 11.6 Å². The van der Waals surface area contributed by atoms with Crippen LogP contribution < -0.4 is 5.43 Å². The Hall–Kier alpha value is -2.34. The van der Waals surface area contributed by atoms with Crippen LogP contribution in [0, 0.1) is 6.92 Å². The van der Waals surface area contributed by atoms with Gasteiger partial charge < -0.3 is 9.26 Å². The number of para-hydroxylation sites is 1. The molecule has 0 saturated carbocycles. The van der Waals surface area contributed by atoms with Crippen LogP contribution in [-0.2, 0) is 4.74 Å². The molecule has 7 heteroatoms. The highest BCUT2D eigenvalue weighted by atomic mass is 35.5. The van der Waals surface area contributed by atoms with Gasteiger partial charge in [0, 0.05) is 0 Å². The molecule has 6 nitrogen and oxygen atoms in total. The fourth-order valence-electron chi connectivity index (χ4n) is 1.89. The number of hydrogen-bond acceptors (Lipinski definition) is 6. The van der Waals surface area contributed by atoms with Crippen molar-refractivity contribution in [1.82, 2.24) is 5.16 Å². The Balaban J connectivity index is 2.27. The summed E-state index contributed by atoms with van der Waals surface area (Å²) in [5.41, 5.74) is 4.69. The highest BCUT2D eigenvalue weighted by Crippen LogP contribution is 2.21. The van der Waals surface area contributed by atoms with Gasteiger partial charge in [-0.05, 0) is 32.9 Å². The fraction of sp³-hybridized carbons (Fsp3) is 0.267. The van der Waals surface area contributed by atoms with Gasteiger partial charge in [0.25, 0.3) is 0 Å². The average Bonchev–Trinajstić information content (AvgIpc) is 2.88. The number of aromatic nitrogens is 1. The highest BCUT2D eigenvalue weighted by molar-refractivity contribution is 6.33. The second kappa shape index (κ2) is 7.09. The summed E-state index contributed by atoms with van der Waals surface area (Å²) < 4.78 is 10.0. The lowest BCUT2D eigenvalue weighted by molar-refractivity contribution is 0.0514. The largest absolute Gasteiger partial charge is 0.461 e. The molecule has 1 aromatic heterocycles. The Bertz CT molecular complexity index is 710. The maximum atomic E-state index is 11.9. The molecule has 0 saturated heterocycles. The zero-order valence-corrected chi connectivity index (χ0v) is 13.3. The molecule has 116 valence electrons. The van der Waals surface area contributed by atoms with E-state index in [0.29, 0.717) is 27.7 Å². The van der Waals surface area contributed by atoms with Crippen molar-refractivity contribution in [1.29, 1.82) is 0 Å². The van der Waals surface area contributed by atoms with Gasteiger partial charge in [0.2, 0.25) is 5.69 Å². The average molecular weight is 322 g/mol. The summed E-state index contributed by atoms with van der Waals surface area (Å²) in [6, 6.07) is 7.22. The monoisotopic (exact) mass is 321 g/mol. The van der Waals surface area contributed by atoms with Crippen molar-refractivity contribution in [3.63, 3.8) is 0 Å². The zero-order valence-electron chi connectivity index (χ0n) is 12.5. The topological polar surface area (TPSA) is 76.7 Å². The maximum Gasteiger partial charge on any atom is 0.361 e. The van der Waals surface area contributed by atoms with E-state index in [9.17, 15) is 4.79 Å². The second-order valence-electron chi connectivity index (χ2n) is 4.47. The van der Waals surface area contributed by atoms with Crippen molar-refractivity contribution in [2.24, 2.45) is 5.10 Å². The third-order valence-corrected chi connectivity index (χ3v) is 3.24. The van der Waals surface area contributed by atoms with Crippen molar-refractivity contribution in [2.75, 3.05) is 12.0 Å². The number of carbonyl (C=O) groups excluding carboxylic acids is 1. The molecule has 1 N–H and O–H groups in total. The molecule has 0 aliphatic rings. The fourth-order valence-corrected chi connectivity index (χ4v) is 2.07. The Morgan fingerprint density at radius 1 is 1.45 bits per heavy atom. The van der Waals surface area contributed by atoms with Crippen LogP contribution in [0.2, 0.25) is 5.02 Å². The molecule has 0 fully saturated rings. The Morgan fingerprint density at radius 2 is 2.18 bits per heavy atom. The van der Waals surface area contributed by atoms with Crippen LogP contribution in [0.4, 0.5) is 5.69 Å². The SMILES string of the molecule is CCOC(=O)c1noc(C)c1/C(C)=N/Nc1ccccc1Cl. The molecular weight excluding hydrogens is 306 g/mol. The van der Waals surface area contributed by atoms with Crippen molar-refractivity contribution in [3.05, 3.63) is 46.3 Å². The molecule has 2 aromatic rings. The number of rotatable bonds is 5. The summed E-state index contributed by atoms with van der Waals surface area (Å²) in [6.45, 7) is 5.44. The van der Waals surface area contributed by atoms with Gasteiger partial charge >= 0.3 is 5.97 Å². The molecule has 0 aliphatic heterocycles. The Morgan fingerprint density at radius 3 is 2.86 bits per heavy atom. The summed E-state index contributed by atoms with van der Waals surface area (Å²) in [4.78, 5) is 11.9. The molecule has 0 aliphatic carbocycles. The Labute approximate surface area is 133 Å². The molecule has 1 aromatic carbocycles. The molecule has 0 bridgehead atoms. The normalized spacial score (nSPS) is 11.4. The van der Waals surface area contributed by atoms with Crippen LogP contribution in [0.15, 0.2) is 33.9 Å². The minimum absolute atomic E-state index is 0.113. The summed E-state index contributed by atoms with van der Waals surface area (Å²) in [5, 5.41) is 8.53. The molecule has 0 unspecified atom stereocenters. The van der Waals surface area contributed by atoms with Crippen LogP contribution in [0.3, 0.4) is 0 Å². The number of benzene rings is 1. The summed E-state index contributed by atoms with van der Waals surface area (Å²) in [6.07, 6.45) is 0. The lowest BCUT2D eigenvalue weighted by Gasteiger charge is -2.05. The van der Waals surface area contributed by atoms with Gasteiger partial charge in [0.1, 0.15) is 5.76 Å². The first-order chi connectivity index (χ1) is 10.5. The van der Waals surface area contributed by atoms with Crippen LogP contribution in [0.5, 0.6) is 0 Å². The van der Waals surface area contributed by atoms with Gasteiger partial charge in [-0.2, -0.15) is 5.10 Å². The first-order valence-corrected chi connectivity index (χ1v) is 7.11. The van der Waals surface area contributed by atoms with Gasteiger partial charge in [-0.3, -0.25) is 5.43 Å². The van der Waals surface area contributed by atoms with E-state index in [1.54, 1.807) is 32.9 Å². The lowest BCUT2D eigenvalue weighted by Crippen LogP contribution is -2.11. The van der Waals surface area contributed by atoms with Crippen molar-refractivity contribution in [3.8, 4) is 0 Å². The smallest absolute Gasteiger partial charge is 0.361 e. The van der Waals surface area contributed by atoms with Gasteiger partial charge in [0.15, 0.2) is 0 Å². The first kappa shape index (κ1) is 16.0. The van der Waals surface area contributed by atoms with E-state index < -0.39 is 5.97 Å². The van der Waals surface area contributed by atoms with Crippen molar-refractivity contribution in [2.45, 2.75) is 20.8 Å². The zero-order chi connectivity index (χ0) is 16.1. The number of anilines is 1. The highest BCUT2D eigenvalue weighted by Gasteiger charge is 2.23. The third kappa shape index (κ3) is 3.46. The summed E-state index contributed by atoms with van der Waals surface area (Å²) in [7, 11) is 0. The van der Waals surface area contributed by atoms with Crippen molar-refractivity contribution >= 4 is 29.0 Å². The minimum Gasteiger partial charge on any atom is -0.461 e. The quantitative estimate of drug-likeness (QED) is 0.516. The summed E-state index contributed by atoms with van der Waals surface area (Å²) in [5.74, 6) is -0.0492. The van der Waals surface area contributed by atoms with E-state index in [4.69, 9.17) is 20.9 Å². The molecule has 0 radical (unpaired) electrons. The first-order valence-electron chi connectivity index (χ1n) is 6.73. The minimum atomic E-state index is -0.540. The van der Waals surface area contributed by atoms with Gasteiger partial charge in [-0.15, -0.1) is 0 Å². The number of carbonyl (C=O) groups is 1.